The molecule has 0 saturated carbocycles. The van der Waals surface area contributed by atoms with E-state index in [1.165, 1.54) is 16.3 Å². The summed E-state index contributed by atoms with van der Waals surface area (Å²) in [6.07, 6.45) is 1.58. The fraction of sp³-hybridized carbons (Fsp3) is 0.167. The van der Waals surface area contributed by atoms with Gasteiger partial charge in [0.2, 0.25) is 0 Å². The van der Waals surface area contributed by atoms with Gasteiger partial charge >= 0.3 is 5.69 Å². The Labute approximate surface area is 82.7 Å². The lowest BCUT2D eigenvalue weighted by atomic mass is 10.7. The van der Waals surface area contributed by atoms with E-state index in [9.17, 15) is 4.79 Å². The summed E-state index contributed by atoms with van der Waals surface area (Å²) < 4.78 is 1.40. The number of hydrogen-bond donors (Lipinski definition) is 3. The van der Waals surface area contributed by atoms with Crippen molar-refractivity contribution in [3.63, 3.8) is 0 Å². The molecule has 0 aliphatic heterocycles. The number of anilines is 1. The monoisotopic (exact) mass is 212 g/mol. The van der Waals surface area contributed by atoms with Gasteiger partial charge in [0.1, 0.15) is 5.82 Å². The second-order valence-electron chi connectivity index (χ2n) is 2.62. The molecule has 0 fully saturated rings. The topological polar surface area (TPSA) is 105 Å². The van der Waals surface area contributed by atoms with E-state index in [1.54, 1.807) is 13.2 Å². The number of hydrogen-bond acceptors (Lipinski definition) is 5. The van der Waals surface area contributed by atoms with E-state index in [1.807, 2.05) is 0 Å². The van der Waals surface area contributed by atoms with Gasteiger partial charge in [0.05, 0.1) is 11.1 Å². The number of nitrogen functional groups attached to an aromatic ring is 1. The van der Waals surface area contributed by atoms with E-state index in [2.05, 4.69) is 20.4 Å². The number of nitrogens with two attached hydrogens (primary N) is 1. The molecule has 0 aliphatic carbocycles. The molecule has 0 saturated heterocycles. The van der Waals surface area contributed by atoms with Crippen LogP contribution in [0, 0.1) is 0 Å². The van der Waals surface area contributed by atoms with Crippen LogP contribution in [0.4, 0.5) is 5.82 Å². The molecule has 0 amide bonds. The molecule has 0 bridgehead atoms. The Bertz CT molecular complexity index is 496. The quantitative estimate of drug-likeness (QED) is 0.626. The van der Waals surface area contributed by atoms with Crippen molar-refractivity contribution in [2.24, 2.45) is 7.05 Å². The van der Waals surface area contributed by atoms with Crippen LogP contribution >= 0.6 is 11.8 Å². The van der Waals surface area contributed by atoms with E-state index in [0.717, 1.165) is 4.90 Å². The summed E-state index contributed by atoms with van der Waals surface area (Å²) >= 11 is 1.27. The second-order valence-corrected chi connectivity index (χ2v) is 3.63. The molecule has 0 radical (unpaired) electrons. The average molecular weight is 212 g/mol. The van der Waals surface area contributed by atoms with Crippen molar-refractivity contribution in [3.05, 3.63) is 16.7 Å². The Kier molecular flexibility index (Phi) is 2.04. The largest absolute Gasteiger partial charge is 0.383 e. The number of nitrogens with zero attached hydrogens (tertiary/aromatic N) is 3. The molecule has 0 spiro atoms. The Morgan fingerprint density at radius 3 is 2.86 bits per heavy atom. The molecule has 2 rings (SSSR count). The Hall–Kier alpha value is -1.70. The van der Waals surface area contributed by atoms with Crippen LogP contribution in [0.25, 0.3) is 0 Å². The van der Waals surface area contributed by atoms with Crippen molar-refractivity contribution in [2.45, 2.75) is 10.1 Å². The van der Waals surface area contributed by atoms with Gasteiger partial charge in [-0.05, 0) is 11.8 Å². The number of H-pyrrole nitrogens is 2. The van der Waals surface area contributed by atoms with Crippen molar-refractivity contribution in [1.82, 2.24) is 25.0 Å². The highest BCUT2D eigenvalue weighted by molar-refractivity contribution is 7.99. The highest BCUT2D eigenvalue weighted by Crippen LogP contribution is 2.27. The molecule has 0 unspecified atom stereocenters. The van der Waals surface area contributed by atoms with Crippen LogP contribution in [0.2, 0.25) is 0 Å². The third-order valence-electron chi connectivity index (χ3n) is 1.67. The molecule has 14 heavy (non-hydrogen) atoms. The zero-order valence-electron chi connectivity index (χ0n) is 7.31. The first-order valence-corrected chi connectivity index (χ1v) is 4.58. The molecular weight excluding hydrogens is 204 g/mol. The SMILES string of the molecule is Cn1c(Sc2cn[nH]c2N)n[nH]c1=O. The molecular formula is C6H8N6OS. The molecule has 0 aliphatic rings. The summed E-state index contributed by atoms with van der Waals surface area (Å²) in [5.74, 6) is 0.463. The van der Waals surface area contributed by atoms with Crippen molar-refractivity contribution >= 4 is 17.6 Å². The van der Waals surface area contributed by atoms with Crippen LogP contribution in [0.15, 0.2) is 21.0 Å². The minimum absolute atomic E-state index is 0.255. The van der Waals surface area contributed by atoms with Gasteiger partial charge in [-0.3, -0.25) is 9.67 Å². The van der Waals surface area contributed by atoms with Gasteiger partial charge in [0, 0.05) is 7.05 Å². The fourth-order valence-corrected chi connectivity index (χ4v) is 1.66. The van der Waals surface area contributed by atoms with E-state index in [-0.39, 0.29) is 5.69 Å². The van der Waals surface area contributed by atoms with Crippen LogP contribution in [0.3, 0.4) is 0 Å². The lowest BCUT2D eigenvalue weighted by molar-refractivity contribution is 0.766. The first-order chi connectivity index (χ1) is 6.68. The summed E-state index contributed by atoms with van der Waals surface area (Å²) in [6, 6.07) is 0. The summed E-state index contributed by atoms with van der Waals surface area (Å²) in [7, 11) is 1.63. The maximum absolute atomic E-state index is 11.0. The zero-order valence-corrected chi connectivity index (χ0v) is 8.13. The van der Waals surface area contributed by atoms with E-state index in [0.29, 0.717) is 11.0 Å². The zero-order chi connectivity index (χ0) is 10.1. The van der Waals surface area contributed by atoms with Crippen LogP contribution in [0.1, 0.15) is 0 Å². The maximum atomic E-state index is 11.0. The maximum Gasteiger partial charge on any atom is 0.343 e. The summed E-state index contributed by atoms with van der Waals surface area (Å²) in [5, 5.41) is 13.1. The predicted molar refractivity (Wildman–Crippen MR) is 51.0 cm³/mol. The lowest BCUT2D eigenvalue weighted by Gasteiger charge is -1.96. The van der Waals surface area contributed by atoms with E-state index in [4.69, 9.17) is 5.73 Å². The fourth-order valence-electron chi connectivity index (χ4n) is 0.889. The van der Waals surface area contributed by atoms with Gasteiger partial charge in [-0.15, -0.1) is 5.10 Å². The van der Waals surface area contributed by atoms with Gasteiger partial charge in [-0.2, -0.15) is 5.10 Å². The molecule has 0 aromatic carbocycles. The van der Waals surface area contributed by atoms with E-state index < -0.39 is 0 Å². The minimum Gasteiger partial charge on any atom is -0.383 e. The molecule has 0 atom stereocenters. The standard InChI is InChI=1S/C6H8N6OS/c1-12-5(13)10-11-6(12)14-3-2-8-9-4(3)7/h2H,1H3,(H,10,13)(H3,7,8,9). The average Bonchev–Trinajstić information content (AvgIpc) is 2.68. The van der Waals surface area contributed by atoms with Crippen molar-refractivity contribution in [3.8, 4) is 0 Å². The smallest absolute Gasteiger partial charge is 0.343 e. The van der Waals surface area contributed by atoms with Gasteiger partial charge < -0.3 is 5.73 Å². The van der Waals surface area contributed by atoms with Crippen LogP contribution in [-0.4, -0.2) is 25.0 Å². The van der Waals surface area contributed by atoms with Crippen molar-refractivity contribution < 1.29 is 0 Å². The molecule has 7 nitrogen and oxygen atoms in total. The second kappa shape index (κ2) is 3.22. The summed E-state index contributed by atoms with van der Waals surface area (Å²) in [5.41, 5.74) is 5.33. The van der Waals surface area contributed by atoms with Crippen LogP contribution in [0.5, 0.6) is 0 Å². The Morgan fingerprint density at radius 1 is 1.57 bits per heavy atom. The summed E-state index contributed by atoms with van der Waals surface area (Å²) in [6.45, 7) is 0. The van der Waals surface area contributed by atoms with Gasteiger partial charge in [0.25, 0.3) is 0 Å². The van der Waals surface area contributed by atoms with Crippen LogP contribution < -0.4 is 11.4 Å². The molecule has 8 heteroatoms. The lowest BCUT2D eigenvalue weighted by Crippen LogP contribution is -2.12. The van der Waals surface area contributed by atoms with Crippen LogP contribution in [-0.2, 0) is 7.05 Å². The highest BCUT2D eigenvalue weighted by atomic mass is 32.2. The number of aromatic nitrogens is 5. The third-order valence-corrected chi connectivity index (χ3v) is 2.77. The molecule has 2 aromatic rings. The Balaban J connectivity index is 2.32. The van der Waals surface area contributed by atoms with Crippen molar-refractivity contribution in [2.75, 3.05) is 5.73 Å². The van der Waals surface area contributed by atoms with Gasteiger partial charge in [-0.25, -0.2) is 9.89 Å². The highest BCUT2D eigenvalue weighted by Gasteiger charge is 2.09. The third kappa shape index (κ3) is 1.39. The first kappa shape index (κ1) is 8.88. The number of rotatable bonds is 2. The molecule has 2 heterocycles. The predicted octanol–water partition coefficient (Wildman–Crippen LogP) is -0.435. The summed E-state index contributed by atoms with van der Waals surface area (Å²) in [4.78, 5) is 11.8. The van der Waals surface area contributed by atoms with E-state index >= 15 is 0 Å². The minimum atomic E-state index is -0.255. The van der Waals surface area contributed by atoms with Crippen molar-refractivity contribution in [1.29, 1.82) is 0 Å². The van der Waals surface area contributed by atoms with Gasteiger partial charge in [0.15, 0.2) is 5.16 Å². The van der Waals surface area contributed by atoms with Gasteiger partial charge in [-0.1, -0.05) is 0 Å². The number of aromatic amines is 2. The molecule has 4 N–H and O–H groups in total. The number of nitrogens with one attached hydrogen (secondary N) is 2. The normalized spacial score (nSPS) is 10.6. The molecule has 2 aromatic heterocycles. The Morgan fingerprint density at radius 2 is 2.36 bits per heavy atom. The molecule has 74 valence electrons. The first-order valence-electron chi connectivity index (χ1n) is 3.76.